The predicted molar refractivity (Wildman–Crippen MR) is 90.6 cm³/mol. The number of nitrogens with one attached hydrogen (secondary N) is 1. The van der Waals surface area contributed by atoms with E-state index >= 15 is 0 Å². The topological polar surface area (TPSA) is 80.1 Å². The van der Waals surface area contributed by atoms with Gasteiger partial charge < -0.3 is 14.8 Å². The first-order valence-corrected chi connectivity index (χ1v) is 8.61. The summed E-state index contributed by atoms with van der Waals surface area (Å²) in [4.78, 5) is 26.0. The normalized spacial score (nSPS) is 21.6. The molecule has 1 N–H and O–H groups in total. The molecule has 2 atom stereocenters. The Hall–Kier alpha value is -2.70. The molecule has 1 aromatic carbocycles. The minimum atomic E-state index is -0.206. The highest BCUT2D eigenvalue weighted by atomic mass is 16.2. The van der Waals surface area contributed by atoms with E-state index < -0.39 is 0 Å². The van der Waals surface area contributed by atoms with Crippen molar-refractivity contribution in [2.75, 3.05) is 13.1 Å². The van der Waals surface area contributed by atoms with Crippen LogP contribution in [0.4, 0.5) is 0 Å². The average Bonchev–Trinajstić information content (AvgIpc) is 3.22. The summed E-state index contributed by atoms with van der Waals surface area (Å²) in [5, 5.41) is 11.2. The Labute approximate surface area is 146 Å². The number of fused-ring (bicyclic) bond motifs is 2. The van der Waals surface area contributed by atoms with E-state index in [4.69, 9.17) is 0 Å². The first kappa shape index (κ1) is 15.8. The van der Waals surface area contributed by atoms with Gasteiger partial charge in [0.25, 0.3) is 5.91 Å². The summed E-state index contributed by atoms with van der Waals surface area (Å²) in [6.07, 6.45) is 0.771. The van der Waals surface area contributed by atoms with Crippen LogP contribution in [0.2, 0.25) is 0 Å². The van der Waals surface area contributed by atoms with Crippen molar-refractivity contribution in [3.63, 3.8) is 0 Å². The minimum Gasteiger partial charge on any atom is -0.345 e. The number of hydrogen-bond acceptors (Lipinski definition) is 4. The molecule has 3 heterocycles. The van der Waals surface area contributed by atoms with Gasteiger partial charge in [0.2, 0.25) is 11.7 Å². The number of carbonyl (C=O) groups is 2. The summed E-state index contributed by atoms with van der Waals surface area (Å²) >= 11 is 0. The highest BCUT2D eigenvalue weighted by Crippen LogP contribution is 2.32. The van der Waals surface area contributed by atoms with Gasteiger partial charge in [0.05, 0.1) is 0 Å². The van der Waals surface area contributed by atoms with Crippen molar-refractivity contribution in [3.8, 4) is 0 Å². The van der Waals surface area contributed by atoms with E-state index in [9.17, 15) is 9.59 Å². The summed E-state index contributed by atoms with van der Waals surface area (Å²) in [6.45, 7) is 4.31. The van der Waals surface area contributed by atoms with Crippen molar-refractivity contribution >= 4 is 11.8 Å². The molecule has 2 aliphatic rings. The summed E-state index contributed by atoms with van der Waals surface area (Å²) < 4.78 is 1.92. The molecule has 0 bridgehead atoms. The Kier molecular flexibility index (Phi) is 3.99. The van der Waals surface area contributed by atoms with E-state index in [0.717, 1.165) is 30.9 Å². The first-order valence-electron chi connectivity index (χ1n) is 8.61. The lowest BCUT2D eigenvalue weighted by molar-refractivity contribution is -0.128. The van der Waals surface area contributed by atoms with Crippen molar-refractivity contribution in [1.29, 1.82) is 0 Å². The molecular formula is C18H21N5O2. The molecule has 0 radical (unpaired) electrons. The second kappa shape index (κ2) is 6.31. The quantitative estimate of drug-likeness (QED) is 0.899. The number of carbonyl (C=O) groups excluding carboxylic acids is 2. The van der Waals surface area contributed by atoms with Gasteiger partial charge >= 0.3 is 0 Å². The molecular weight excluding hydrogens is 318 g/mol. The lowest BCUT2D eigenvalue weighted by atomic mass is 9.89. The Morgan fingerprint density at radius 2 is 1.88 bits per heavy atom. The second-order valence-corrected chi connectivity index (χ2v) is 6.87. The lowest BCUT2D eigenvalue weighted by Gasteiger charge is -2.25. The third-order valence-electron chi connectivity index (χ3n) is 5.21. The van der Waals surface area contributed by atoms with Crippen LogP contribution in [0.3, 0.4) is 0 Å². The maximum atomic E-state index is 12.5. The molecule has 7 nitrogen and oxygen atoms in total. The largest absolute Gasteiger partial charge is 0.345 e. The molecule has 7 heteroatoms. The molecule has 1 fully saturated rings. The van der Waals surface area contributed by atoms with Gasteiger partial charge in [0.1, 0.15) is 5.82 Å². The van der Waals surface area contributed by atoms with Crippen LogP contribution >= 0.6 is 0 Å². The van der Waals surface area contributed by atoms with Gasteiger partial charge in [0.15, 0.2) is 0 Å². The Bertz CT molecular complexity index is 801. The van der Waals surface area contributed by atoms with Crippen molar-refractivity contribution in [2.45, 2.75) is 26.4 Å². The minimum absolute atomic E-state index is 0.117. The van der Waals surface area contributed by atoms with Crippen molar-refractivity contribution in [1.82, 2.24) is 25.0 Å². The molecule has 2 aliphatic heterocycles. The SMILES string of the molecule is CC(=O)N1C[C@H]2Cc3nnc(C(=O)NCc4ccccc4)n3C[C@@H]2C1. The van der Waals surface area contributed by atoms with Crippen LogP contribution in [0.1, 0.15) is 28.9 Å². The first-order chi connectivity index (χ1) is 12.1. The fourth-order valence-electron chi connectivity index (χ4n) is 3.81. The fraction of sp³-hybridized carbons (Fsp3) is 0.444. The smallest absolute Gasteiger partial charge is 0.289 e. The van der Waals surface area contributed by atoms with E-state index in [0.29, 0.717) is 30.7 Å². The lowest BCUT2D eigenvalue weighted by Crippen LogP contribution is -2.33. The molecule has 25 heavy (non-hydrogen) atoms. The molecule has 0 unspecified atom stereocenters. The van der Waals surface area contributed by atoms with Crippen LogP contribution in [0.5, 0.6) is 0 Å². The third-order valence-corrected chi connectivity index (χ3v) is 5.21. The summed E-state index contributed by atoms with van der Waals surface area (Å²) in [7, 11) is 0. The Balaban J connectivity index is 1.46. The maximum absolute atomic E-state index is 12.5. The molecule has 0 spiro atoms. The van der Waals surface area contributed by atoms with E-state index in [1.165, 1.54) is 0 Å². The molecule has 2 amide bonds. The number of aromatic nitrogens is 3. The zero-order valence-electron chi connectivity index (χ0n) is 14.2. The van der Waals surface area contributed by atoms with Crippen molar-refractivity contribution in [3.05, 3.63) is 47.5 Å². The summed E-state index contributed by atoms with van der Waals surface area (Å²) in [5.41, 5.74) is 1.04. The fourth-order valence-corrected chi connectivity index (χ4v) is 3.81. The van der Waals surface area contributed by atoms with Crippen LogP contribution in [-0.2, 0) is 24.3 Å². The number of nitrogens with zero attached hydrogens (tertiary/aromatic N) is 4. The van der Waals surface area contributed by atoms with E-state index in [-0.39, 0.29) is 11.8 Å². The summed E-state index contributed by atoms with van der Waals surface area (Å²) in [5.74, 6) is 1.91. The van der Waals surface area contributed by atoms with Gasteiger partial charge in [-0.05, 0) is 17.4 Å². The van der Waals surface area contributed by atoms with E-state index in [1.807, 2.05) is 39.8 Å². The number of amides is 2. The number of likely N-dealkylation sites (tertiary alicyclic amines) is 1. The predicted octanol–water partition coefficient (Wildman–Crippen LogP) is 0.859. The van der Waals surface area contributed by atoms with Crippen LogP contribution in [0, 0.1) is 11.8 Å². The van der Waals surface area contributed by atoms with Crippen LogP contribution in [0.15, 0.2) is 30.3 Å². The van der Waals surface area contributed by atoms with Gasteiger partial charge in [-0.3, -0.25) is 9.59 Å². The second-order valence-electron chi connectivity index (χ2n) is 6.87. The molecule has 4 rings (SSSR count). The van der Waals surface area contributed by atoms with E-state index in [2.05, 4.69) is 15.5 Å². The van der Waals surface area contributed by atoms with Gasteiger partial charge in [-0.15, -0.1) is 10.2 Å². The maximum Gasteiger partial charge on any atom is 0.289 e. The third kappa shape index (κ3) is 3.01. The Morgan fingerprint density at radius 1 is 1.12 bits per heavy atom. The van der Waals surface area contributed by atoms with Gasteiger partial charge in [-0.25, -0.2) is 0 Å². The number of rotatable bonds is 3. The monoisotopic (exact) mass is 339 g/mol. The highest BCUT2D eigenvalue weighted by Gasteiger charge is 2.39. The highest BCUT2D eigenvalue weighted by molar-refractivity contribution is 5.90. The zero-order valence-corrected chi connectivity index (χ0v) is 14.2. The van der Waals surface area contributed by atoms with Crippen molar-refractivity contribution < 1.29 is 9.59 Å². The molecule has 1 saturated heterocycles. The van der Waals surface area contributed by atoms with Crippen LogP contribution < -0.4 is 5.32 Å². The molecule has 0 saturated carbocycles. The number of benzene rings is 1. The number of hydrogen-bond donors (Lipinski definition) is 1. The average molecular weight is 339 g/mol. The van der Waals surface area contributed by atoms with E-state index in [1.54, 1.807) is 6.92 Å². The summed E-state index contributed by atoms with van der Waals surface area (Å²) in [6, 6.07) is 9.78. The van der Waals surface area contributed by atoms with Gasteiger partial charge in [-0.1, -0.05) is 30.3 Å². The van der Waals surface area contributed by atoms with Gasteiger partial charge in [-0.2, -0.15) is 0 Å². The Morgan fingerprint density at radius 3 is 2.64 bits per heavy atom. The zero-order chi connectivity index (χ0) is 17.4. The standard InChI is InChI=1S/C18H21N5O2/c1-12(24)22-9-14-7-16-20-21-17(23(16)11-15(14)10-22)18(25)19-8-13-5-3-2-4-6-13/h2-6,14-15H,7-11H2,1H3,(H,19,25)/t14-,15+/m1/s1. The molecule has 0 aliphatic carbocycles. The van der Waals surface area contributed by atoms with Crippen molar-refractivity contribution in [2.24, 2.45) is 11.8 Å². The van der Waals surface area contributed by atoms with Crippen LogP contribution in [0.25, 0.3) is 0 Å². The van der Waals surface area contributed by atoms with Gasteiger partial charge in [0, 0.05) is 39.5 Å². The molecule has 1 aromatic heterocycles. The van der Waals surface area contributed by atoms with Crippen LogP contribution in [-0.4, -0.2) is 44.6 Å². The molecule has 2 aromatic rings. The molecule has 130 valence electrons.